The zero-order valence-corrected chi connectivity index (χ0v) is 17.4. The van der Waals surface area contributed by atoms with Gasteiger partial charge in [0.2, 0.25) is 29.5 Å². The predicted octanol–water partition coefficient (Wildman–Crippen LogP) is -5.28. The van der Waals surface area contributed by atoms with E-state index in [0.717, 1.165) is 0 Å². The van der Waals surface area contributed by atoms with Gasteiger partial charge < -0.3 is 49.1 Å². The van der Waals surface area contributed by atoms with Crippen LogP contribution >= 0.6 is 0 Å². The van der Waals surface area contributed by atoms with Crippen molar-refractivity contribution in [3.63, 3.8) is 0 Å². The molecular weight excluding hydrogens is 430 g/mol. The van der Waals surface area contributed by atoms with Crippen LogP contribution in [-0.4, -0.2) is 83.0 Å². The van der Waals surface area contributed by atoms with E-state index in [1.54, 1.807) is 0 Å². The number of primary amides is 2. The van der Waals surface area contributed by atoms with E-state index in [1.165, 1.54) is 0 Å². The number of hydrogen-bond acceptors (Lipinski definition) is 9. The van der Waals surface area contributed by atoms with Crippen molar-refractivity contribution < 1.29 is 39.0 Å². The van der Waals surface area contributed by atoms with Crippen LogP contribution in [0.2, 0.25) is 0 Å². The molecule has 0 radical (unpaired) electrons. The number of carboxylic acids is 1. The molecule has 0 aromatic carbocycles. The Bertz CT molecular complexity index is 702. The van der Waals surface area contributed by atoms with Crippen molar-refractivity contribution in [1.82, 2.24) is 16.0 Å². The molecule has 182 valence electrons. The summed E-state index contributed by atoms with van der Waals surface area (Å²) in [5, 5.41) is 25.0. The minimum absolute atomic E-state index is 0.0945. The third-order valence-corrected chi connectivity index (χ3v) is 4.17. The highest BCUT2D eigenvalue weighted by Gasteiger charge is 2.30. The Labute approximate surface area is 183 Å². The van der Waals surface area contributed by atoms with Crippen molar-refractivity contribution in [3.8, 4) is 0 Å². The van der Waals surface area contributed by atoms with Crippen LogP contribution in [0, 0.1) is 0 Å². The Hall–Kier alpha value is -3.30. The molecule has 0 saturated carbocycles. The van der Waals surface area contributed by atoms with Gasteiger partial charge in [0, 0.05) is 0 Å². The summed E-state index contributed by atoms with van der Waals surface area (Å²) in [4.78, 5) is 70.1. The second kappa shape index (κ2) is 14.7. The maximum atomic E-state index is 12.6. The van der Waals surface area contributed by atoms with Gasteiger partial charge >= 0.3 is 5.97 Å². The van der Waals surface area contributed by atoms with Crippen molar-refractivity contribution >= 4 is 35.5 Å². The van der Waals surface area contributed by atoms with Gasteiger partial charge in [-0.15, -0.1) is 0 Å². The van der Waals surface area contributed by atoms with Crippen LogP contribution in [-0.2, 0) is 28.8 Å². The Kier molecular flexibility index (Phi) is 13.1. The van der Waals surface area contributed by atoms with Gasteiger partial charge in [0.05, 0.1) is 25.5 Å². The second-order valence-corrected chi connectivity index (χ2v) is 6.94. The van der Waals surface area contributed by atoms with Gasteiger partial charge in [-0.3, -0.25) is 24.0 Å². The average molecular weight is 461 g/mol. The van der Waals surface area contributed by atoms with E-state index >= 15 is 0 Å². The molecule has 0 bridgehead atoms. The molecule has 15 nitrogen and oxygen atoms in total. The molecule has 0 aliphatic heterocycles. The first-order valence-electron chi connectivity index (χ1n) is 9.69. The van der Waals surface area contributed by atoms with Crippen LogP contribution < -0.4 is 38.9 Å². The molecule has 0 aromatic heterocycles. The molecule has 0 aliphatic carbocycles. The van der Waals surface area contributed by atoms with Crippen LogP contribution in [0.5, 0.6) is 0 Å². The molecule has 4 atom stereocenters. The van der Waals surface area contributed by atoms with Crippen LogP contribution in [0.15, 0.2) is 0 Å². The molecule has 0 aromatic rings. The first kappa shape index (κ1) is 28.7. The predicted molar refractivity (Wildman–Crippen MR) is 109 cm³/mol. The van der Waals surface area contributed by atoms with Crippen molar-refractivity contribution in [3.05, 3.63) is 0 Å². The lowest BCUT2D eigenvalue weighted by Gasteiger charge is -2.24. The fourth-order valence-corrected chi connectivity index (χ4v) is 2.49. The smallest absolute Gasteiger partial charge is 0.326 e. The minimum atomic E-state index is -1.67. The van der Waals surface area contributed by atoms with E-state index in [2.05, 4.69) is 10.6 Å². The van der Waals surface area contributed by atoms with Crippen molar-refractivity contribution in [2.75, 3.05) is 13.2 Å². The van der Waals surface area contributed by atoms with E-state index in [-0.39, 0.29) is 6.42 Å². The Morgan fingerprint density at radius 2 is 1.25 bits per heavy atom. The van der Waals surface area contributed by atoms with E-state index in [9.17, 15) is 33.9 Å². The zero-order valence-electron chi connectivity index (χ0n) is 17.4. The molecular formula is C17H31N7O8. The van der Waals surface area contributed by atoms with Crippen LogP contribution in [0.25, 0.3) is 0 Å². The summed E-state index contributed by atoms with van der Waals surface area (Å²) in [6.07, 6.45) is -0.138. The Morgan fingerprint density at radius 3 is 1.72 bits per heavy atom. The number of unbranched alkanes of at least 4 members (excludes halogenated alkanes) is 1. The number of carbonyl (C=O) groups is 6. The summed E-state index contributed by atoms with van der Waals surface area (Å²) in [6.45, 7) is -0.591. The first-order valence-corrected chi connectivity index (χ1v) is 9.69. The molecule has 0 fully saturated rings. The number of amides is 5. The van der Waals surface area contributed by atoms with Crippen LogP contribution in [0.4, 0.5) is 0 Å². The second-order valence-electron chi connectivity index (χ2n) is 6.94. The van der Waals surface area contributed by atoms with Gasteiger partial charge in [0.1, 0.15) is 18.1 Å². The maximum absolute atomic E-state index is 12.6. The van der Waals surface area contributed by atoms with Gasteiger partial charge in [0.25, 0.3) is 0 Å². The molecule has 13 N–H and O–H groups in total. The summed E-state index contributed by atoms with van der Waals surface area (Å²) < 4.78 is 0. The van der Waals surface area contributed by atoms with E-state index in [0.29, 0.717) is 19.4 Å². The summed E-state index contributed by atoms with van der Waals surface area (Å²) >= 11 is 0. The lowest BCUT2D eigenvalue weighted by Crippen LogP contribution is -2.58. The van der Waals surface area contributed by atoms with E-state index in [1.807, 2.05) is 5.32 Å². The summed E-state index contributed by atoms with van der Waals surface area (Å²) in [7, 11) is 0. The Morgan fingerprint density at radius 1 is 0.750 bits per heavy atom. The zero-order chi connectivity index (χ0) is 24.8. The number of nitrogens with one attached hydrogen (secondary N) is 3. The van der Waals surface area contributed by atoms with Gasteiger partial charge in [-0.2, -0.15) is 0 Å². The van der Waals surface area contributed by atoms with Crippen LogP contribution in [0.1, 0.15) is 32.1 Å². The molecule has 0 aliphatic rings. The van der Waals surface area contributed by atoms with E-state index in [4.69, 9.17) is 28.0 Å². The quantitative estimate of drug-likeness (QED) is 0.0983. The third-order valence-electron chi connectivity index (χ3n) is 4.17. The minimum Gasteiger partial charge on any atom is -0.480 e. The topological polar surface area (TPSA) is 283 Å². The number of nitrogens with two attached hydrogens (primary N) is 4. The molecule has 0 heterocycles. The van der Waals surface area contributed by atoms with Gasteiger partial charge in [-0.1, -0.05) is 0 Å². The number of rotatable bonds is 16. The molecule has 5 amide bonds. The first-order chi connectivity index (χ1) is 14.9. The Balaban J connectivity index is 5.27. The van der Waals surface area contributed by atoms with Crippen molar-refractivity contribution in [2.45, 2.75) is 56.3 Å². The SMILES string of the molecule is NCCCCC(NC(=O)C(N)CC(N)=O)C(=O)NC(CO)C(=O)NC(CC(N)=O)C(=O)O. The fourth-order valence-electron chi connectivity index (χ4n) is 2.49. The largest absolute Gasteiger partial charge is 0.480 e. The molecule has 0 saturated heterocycles. The highest BCUT2D eigenvalue weighted by atomic mass is 16.4. The highest BCUT2D eigenvalue weighted by molar-refractivity contribution is 5.95. The molecule has 4 unspecified atom stereocenters. The molecule has 32 heavy (non-hydrogen) atoms. The third kappa shape index (κ3) is 11.2. The highest BCUT2D eigenvalue weighted by Crippen LogP contribution is 2.03. The lowest BCUT2D eigenvalue weighted by atomic mass is 10.1. The fraction of sp³-hybridized carbons (Fsp3) is 0.647. The van der Waals surface area contributed by atoms with Gasteiger partial charge in [0.15, 0.2) is 0 Å². The number of hydrogen-bond donors (Lipinski definition) is 9. The van der Waals surface area contributed by atoms with Gasteiger partial charge in [-0.25, -0.2) is 4.79 Å². The summed E-state index contributed by atoms with van der Waals surface area (Å²) in [5.41, 5.74) is 20.9. The molecule has 0 spiro atoms. The number of aliphatic hydroxyl groups is 1. The summed E-state index contributed by atoms with van der Waals surface area (Å²) in [5.74, 6) is -6.16. The van der Waals surface area contributed by atoms with E-state index < -0.39 is 79.1 Å². The van der Waals surface area contributed by atoms with Crippen molar-refractivity contribution in [1.29, 1.82) is 0 Å². The lowest BCUT2D eigenvalue weighted by molar-refractivity contribution is -0.144. The molecule has 15 heteroatoms. The van der Waals surface area contributed by atoms with Crippen molar-refractivity contribution in [2.24, 2.45) is 22.9 Å². The van der Waals surface area contributed by atoms with Gasteiger partial charge in [-0.05, 0) is 25.8 Å². The average Bonchev–Trinajstić information content (AvgIpc) is 2.69. The normalized spacial score (nSPS) is 14.3. The number of carbonyl (C=O) groups excluding carboxylic acids is 5. The number of carboxylic acid groups (broad SMARTS) is 1. The molecule has 0 rings (SSSR count). The number of aliphatic carboxylic acids is 1. The standard InChI is InChI=1S/C17H31N7O8/c18-4-2-1-3-9(22-14(28)8(19)5-12(20)26)15(29)24-11(7-25)16(30)23-10(17(31)32)6-13(21)27/h8-11,25H,1-7,18-19H2,(H2,20,26)(H2,21,27)(H,22,28)(H,23,30)(H,24,29)(H,31,32). The number of aliphatic hydroxyl groups excluding tert-OH is 1. The maximum Gasteiger partial charge on any atom is 0.326 e. The van der Waals surface area contributed by atoms with Crippen LogP contribution in [0.3, 0.4) is 0 Å². The monoisotopic (exact) mass is 461 g/mol. The summed E-state index contributed by atoms with van der Waals surface area (Å²) in [6, 6.07) is -5.77.